The SMILES string of the molecule is CCOP(=O)(OCC)C(Nc1ccccc1OC)c1ccc(C)cc1. The second kappa shape index (κ2) is 9.04. The molecule has 0 aliphatic rings. The first-order valence-electron chi connectivity index (χ1n) is 8.39. The van der Waals surface area contributed by atoms with Crippen LogP contribution in [-0.4, -0.2) is 20.3 Å². The quantitative estimate of drug-likeness (QED) is 0.606. The Labute approximate surface area is 149 Å². The average molecular weight is 363 g/mol. The molecule has 1 atom stereocenters. The summed E-state index contributed by atoms with van der Waals surface area (Å²) in [5.41, 5.74) is 2.69. The lowest BCUT2D eigenvalue weighted by molar-refractivity contribution is 0.214. The Balaban J connectivity index is 2.47. The Morgan fingerprint density at radius 3 is 2.16 bits per heavy atom. The fourth-order valence-electron chi connectivity index (χ4n) is 2.55. The molecule has 0 aliphatic carbocycles. The number of ether oxygens (including phenoxy) is 1. The third-order valence-corrected chi connectivity index (χ3v) is 6.02. The van der Waals surface area contributed by atoms with Gasteiger partial charge in [-0.3, -0.25) is 4.57 Å². The second-order valence-electron chi connectivity index (χ2n) is 5.53. The van der Waals surface area contributed by atoms with E-state index in [1.165, 1.54) is 0 Å². The van der Waals surface area contributed by atoms with Gasteiger partial charge in [0.2, 0.25) is 0 Å². The van der Waals surface area contributed by atoms with Gasteiger partial charge >= 0.3 is 7.60 Å². The maximum Gasteiger partial charge on any atom is 0.357 e. The van der Waals surface area contributed by atoms with Gasteiger partial charge in [0.25, 0.3) is 0 Å². The summed E-state index contributed by atoms with van der Waals surface area (Å²) >= 11 is 0. The molecular formula is C19H26NO4P. The van der Waals surface area contributed by atoms with E-state index in [0.29, 0.717) is 19.0 Å². The molecular weight excluding hydrogens is 337 g/mol. The number of anilines is 1. The first-order valence-corrected chi connectivity index (χ1v) is 10.00. The van der Waals surface area contributed by atoms with Crippen LogP contribution in [-0.2, 0) is 13.6 Å². The monoisotopic (exact) mass is 363 g/mol. The fraction of sp³-hybridized carbons (Fsp3) is 0.368. The van der Waals surface area contributed by atoms with Crippen LogP contribution in [0.2, 0.25) is 0 Å². The number of hydrogen-bond donors (Lipinski definition) is 1. The normalized spacial score (nSPS) is 12.6. The van der Waals surface area contributed by atoms with Crippen molar-refractivity contribution in [3.05, 3.63) is 59.7 Å². The first kappa shape index (κ1) is 19.5. The van der Waals surface area contributed by atoms with Gasteiger partial charge in [0, 0.05) is 0 Å². The molecule has 0 saturated heterocycles. The topological polar surface area (TPSA) is 56.8 Å². The fourth-order valence-corrected chi connectivity index (χ4v) is 4.48. The van der Waals surface area contributed by atoms with Gasteiger partial charge in [0.05, 0.1) is 26.0 Å². The molecule has 0 aromatic heterocycles. The highest BCUT2D eigenvalue weighted by Crippen LogP contribution is 2.61. The molecule has 0 heterocycles. The minimum Gasteiger partial charge on any atom is -0.495 e. The Morgan fingerprint density at radius 2 is 1.60 bits per heavy atom. The predicted molar refractivity (Wildman–Crippen MR) is 101 cm³/mol. The molecule has 0 bridgehead atoms. The van der Waals surface area contributed by atoms with Crippen LogP contribution in [0.25, 0.3) is 0 Å². The molecule has 0 fully saturated rings. The van der Waals surface area contributed by atoms with E-state index in [1.54, 1.807) is 21.0 Å². The van der Waals surface area contributed by atoms with E-state index in [0.717, 1.165) is 16.8 Å². The third-order valence-electron chi connectivity index (χ3n) is 3.73. The number of rotatable bonds is 9. The van der Waals surface area contributed by atoms with Crippen LogP contribution in [0.4, 0.5) is 5.69 Å². The number of para-hydroxylation sites is 2. The van der Waals surface area contributed by atoms with E-state index in [2.05, 4.69) is 5.32 Å². The van der Waals surface area contributed by atoms with E-state index in [4.69, 9.17) is 13.8 Å². The van der Waals surface area contributed by atoms with Crippen molar-refractivity contribution >= 4 is 13.3 Å². The van der Waals surface area contributed by atoms with Gasteiger partial charge in [0.15, 0.2) is 5.78 Å². The second-order valence-corrected chi connectivity index (χ2v) is 7.65. The molecule has 2 aromatic rings. The van der Waals surface area contributed by atoms with Crippen LogP contribution in [0, 0.1) is 6.92 Å². The largest absolute Gasteiger partial charge is 0.495 e. The zero-order chi connectivity index (χ0) is 18.3. The van der Waals surface area contributed by atoms with Gasteiger partial charge in [-0.25, -0.2) is 0 Å². The van der Waals surface area contributed by atoms with E-state index in [9.17, 15) is 4.57 Å². The van der Waals surface area contributed by atoms with Crippen molar-refractivity contribution in [1.82, 2.24) is 0 Å². The Bertz CT molecular complexity index is 708. The number of nitrogens with one attached hydrogen (secondary N) is 1. The Hall–Kier alpha value is -1.81. The Morgan fingerprint density at radius 1 is 1.00 bits per heavy atom. The molecule has 1 N–H and O–H groups in total. The molecule has 0 aliphatic heterocycles. The van der Waals surface area contributed by atoms with Crippen LogP contribution in [0.3, 0.4) is 0 Å². The van der Waals surface area contributed by atoms with Crippen LogP contribution in [0.15, 0.2) is 48.5 Å². The van der Waals surface area contributed by atoms with E-state index < -0.39 is 13.4 Å². The zero-order valence-electron chi connectivity index (χ0n) is 15.2. The molecule has 25 heavy (non-hydrogen) atoms. The van der Waals surface area contributed by atoms with Crippen LogP contribution in [0.5, 0.6) is 5.75 Å². The number of benzene rings is 2. The van der Waals surface area contributed by atoms with Crippen molar-refractivity contribution in [3.63, 3.8) is 0 Å². The lowest BCUT2D eigenvalue weighted by Gasteiger charge is -2.28. The highest BCUT2D eigenvalue weighted by Gasteiger charge is 2.37. The predicted octanol–water partition coefficient (Wildman–Crippen LogP) is 5.38. The summed E-state index contributed by atoms with van der Waals surface area (Å²) in [5.74, 6) is 0.0310. The van der Waals surface area contributed by atoms with E-state index in [-0.39, 0.29) is 0 Å². The smallest absolute Gasteiger partial charge is 0.357 e. The summed E-state index contributed by atoms with van der Waals surface area (Å²) in [6.07, 6.45) is 0. The third kappa shape index (κ3) is 4.85. The van der Waals surface area contributed by atoms with Crippen molar-refractivity contribution in [2.75, 3.05) is 25.6 Å². The van der Waals surface area contributed by atoms with Gasteiger partial charge in [0.1, 0.15) is 5.75 Å². The van der Waals surface area contributed by atoms with Crippen LogP contribution < -0.4 is 10.1 Å². The molecule has 0 spiro atoms. The van der Waals surface area contributed by atoms with Crippen molar-refractivity contribution < 1.29 is 18.3 Å². The summed E-state index contributed by atoms with van der Waals surface area (Å²) in [6, 6.07) is 15.3. The van der Waals surface area contributed by atoms with E-state index in [1.807, 2.05) is 55.5 Å². The molecule has 5 nitrogen and oxygen atoms in total. The molecule has 2 aromatic carbocycles. The molecule has 6 heteroatoms. The summed E-state index contributed by atoms with van der Waals surface area (Å²) in [6.45, 7) is 6.22. The highest BCUT2D eigenvalue weighted by atomic mass is 31.2. The minimum atomic E-state index is -3.43. The lowest BCUT2D eigenvalue weighted by atomic mass is 10.1. The van der Waals surface area contributed by atoms with Gasteiger partial charge < -0.3 is 19.1 Å². The summed E-state index contributed by atoms with van der Waals surface area (Å²) in [4.78, 5) is 0. The van der Waals surface area contributed by atoms with Crippen molar-refractivity contribution in [2.24, 2.45) is 0 Å². The molecule has 2 rings (SSSR count). The summed E-state index contributed by atoms with van der Waals surface area (Å²) < 4.78 is 30.0. The maximum absolute atomic E-state index is 13.5. The molecule has 136 valence electrons. The Kier molecular flexibility index (Phi) is 7.06. The number of methoxy groups -OCH3 is 1. The van der Waals surface area contributed by atoms with Gasteiger partial charge in [-0.1, -0.05) is 42.0 Å². The van der Waals surface area contributed by atoms with Gasteiger partial charge in [-0.05, 0) is 38.5 Å². The van der Waals surface area contributed by atoms with Gasteiger partial charge in [-0.15, -0.1) is 0 Å². The maximum atomic E-state index is 13.5. The zero-order valence-corrected chi connectivity index (χ0v) is 16.1. The van der Waals surface area contributed by atoms with Gasteiger partial charge in [-0.2, -0.15) is 0 Å². The summed E-state index contributed by atoms with van der Waals surface area (Å²) in [5, 5.41) is 3.31. The standard InChI is InChI=1S/C19H26NO4P/c1-5-23-25(21,24-6-2)19(16-13-11-15(3)12-14-16)20-17-9-7-8-10-18(17)22-4/h7-14,19-20H,5-6H2,1-4H3. The molecule has 0 saturated carbocycles. The van der Waals surface area contributed by atoms with Crippen molar-refractivity contribution in [1.29, 1.82) is 0 Å². The van der Waals surface area contributed by atoms with Crippen LogP contribution in [0.1, 0.15) is 30.8 Å². The van der Waals surface area contributed by atoms with Crippen molar-refractivity contribution in [2.45, 2.75) is 26.6 Å². The molecule has 0 amide bonds. The molecule has 1 unspecified atom stereocenters. The summed E-state index contributed by atoms with van der Waals surface area (Å²) in [7, 11) is -1.83. The van der Waals surface area contributed by atoms with Crippen LogP contribution >= 0.6 is 7.60 Å². The molecule has 0 radical (unpaired) electrons. The number of aryl methyl sites for hydroxylation is 1. The van der Waals surface area contributed by atoms with E-state index >= 15 is 0 Å². The van der Waals surface area contributed by atoms with Crippen molar-refractivity contribution in [3.8, 4) is 5.75 Å². The highest BCUT2D eigenvalue weighted by molar-refractivity contribution is 7.54. The minimum absolute atomic E-state index is 0.299. The average Bonchev–Trinajstić information content (AvgIpc) is 2.61. The number of hydrogen-bond acceptors (Lipinski definition) is 5. The first-order chi connectivity index (χ1) is 12.0. The lowest BCUT2D eigenvalue weighted by Crippen LogP contribution is -2.15.